The lowest BCUT2D eigenvalue weighted by atomic mass is 9.99. The first-order valence-corrected chi connectivity index (χ1v) is 8.50. The van der Waals surface area contributed by atoms with Crippen LogP contribution in [0.15, 0.2) is 18.2 Å². The molecule has 4 rings (SSSR count). The highest BCUT2D eigenvalue weighted by molar-refractivity contribution is 7.18. The molecule has 0 radical (unpaired) electrons. The molecule has 3 heterocycles. The zero-order chi connectivity index (χ0) is 14.4. The number of halogens is 1. The standard InChI is InChI=1S/C16H20FN3S/c1-20(13-7-11-3-4-12(8-13)18-11)9-16-19-14-5-2-10(17)6-15(14)21-16/h2,5-6,11-13,18H,3-4,7-9H2,1H3. The van der Waals surface area contributed by atoms with Crippen LogP contribution in [0, 0.1) is 5.82 Å². The minimum absolute atomic E-state index is 0.180. The molecule has 2 saturated heterocycles. The Balaban J connectivity index is 1.48. The molecule has 2 aliphatic rings. The summed E-state index contributed by atoms with van der Waals surface area (Å²) in [6, 6.07) is 6.91. The fourth-order valence-electron chi connectivity index (χ4n) is 3.74. The van der Waals surface area contributed by atoms with Gasteiger partial charge in [-0.2, -0.15) is 0 Å². The van der Waals surface area contributed by atoms with Crippen molar-refractivity contribution in [2.45, 2.75) is 50.4 Å². The maximum Gasteiger partial charge on any atom is 0.124 e. The summed E-state index contributed by atoms with van der Waals surface area (Å²) in [4.78, 5) is 7.07. The molecule has 2 aromatic rings. The van der Waals surface area contributed by atoms with Gasteiger partial charge in [-0.05, 0) is 50.9 Å². The van der Waals surface area contributed by atoms with Crippen molar-refractivity contribution < 1.29 is 4.39 Å². The minimum Gasteiger partial charge on any atom is -0.311 e. The van der Waals surface area contributed by atoms with Gasteiger partial charge < -0.3 is 5.32 Å². The normalized spacial score (nSPS) is 28.6. The smallest absolute Gasteiger partial charge is 0.124 e. The summed E-state index contributed by atoms with van der Waals surface area (Å²) in [5, 5.41) is 4.77. The average molecular weight is 305 g/mol. The van der Waals surface area contributed by atoms with Gasteiger partial charge in [0.25, 0.3) is 0 Å². The third-order valence-electron chi connectivity index (χ3n) is 4.85. The van der Waals surface area contributed by atoms with E-state index in [2.05, 4.69) is 22.2 Å². The molecule has 2 atom stereocenters. The van der Waals surface area contributed by atoms with E-state index in [0.29, 0.717) is 18.1 Å². The monoisotopic (exact) mass is 305 g/mol. The Morgan fingerprint density at radius 2 is 2.10 bits per heavy atom. The molecule has 2 fully saturated rings. The molecule has 0 spiro atoms. The summed E-state index contributed by atoms with van der Waals surface area (Å²) in [7, 11) is 2.20. The molecule has 0 saturated carbocycles. The van der Waals surface area contributed by atoms with Crippen LogP contribution in [-0.2, 0) is 6.54 Å². The maximum atomic E-state index is 13.3. The van der Waals surface area contributed by atoms with E-state index in [0.717, 1.165) is 21.8 Å². The zero-order valence-corrected chi connectivity index (χ0v) is 13.0. The molecule has 21 heavy (non-hydrogen) atoms. The van der Waals surface area contributed by atoms with Crippen molar-refractivity contribution in [1.82, 2.24) is 15.2 Å². The van der Waals surface area contributed by atoms with Gasteiger partial charge in [-0.25, -0.2) is 9.37 Å². The van der Waals surface area contributed by atoms with Gasteiger partial charge in [0.15, 0.2) is 0 Å². The minimum atomic E-state index is -0.180. The van der Waals surface area contributed by atoms with Crippen molar-refractivity contribution in [1.29, 1.82) is 0 Å². The first-order chi connectivity index (χ1) is 10.2. The van der Waals surface area contributed by atoms with E-state index < -0.39 is 0 Å². The molecule has 2 aliphatic heterocycles. The van der Waals surface area contributed by atoms with Crippen LogP contribution >= 0.6 is 11.3 Å². The third kappa shape index (κ3) is 2.70. The van der Waals surface area contributed by atoms with Gasteiger partial charge >= 0.3 is 0 Å². The highest BCUT2D eigenvalue weighted by atomic mass is 32.1. The first-order valence-electron chi connectivity index (χ1n) is 7.68. The summed E-state index contributed by atoms with van der Waals surface area (Å²) in [5.74, 6) is -0.180. The Kier molecular flexibility index (Phi) is 3.44. The van der Waals surface area contributed by atoms with E-state index in [-0.39, 0.29) is 5.82 Å². The van der Waals surface area contributed by atoms with Gasteiger partial charge in [0, 0.05) is 18.1 Å². The number of aromatic nitrogens is 1. The second-order valence-corrected chi connectivity index (χ2v) is 7.51. The van der Waals surface area contributed by atoms with Crippen molar-refractivity contribution in [2.24, 2.45) is 0 Å². The van der Waals surface area contributed by atoms with Gasteiger partial charge in [0.1, 0.15) is 10.8 Å². The summed E-state index contributed by atoms with van der Waals surface area (Å²) >= 11 is 1.61. The van der Waals surface area contributed by atoms with E-state index in [4.69, 9.17) is 0 Å². The van der Waals surface area contributed by atoms with E-state index in [9.17, 15) is 4.39 Å². The number of hydrogen-bond donors (Lipinski definition) is 1. The van der Waals surface area contributed by atoms with Crippen LogP contribution in [0.3, 0.4) is 0 Å². The van der Waals surface area contributed by atoms with Crippen LogP contribution in [0.5, 0.6) is 0 Å². The number of thiazole rings is 1. The Bertz CT molecular complexity index is 644. The van der Waals surface area contributed by atoms with E-state index in [1.165, 1.54) is 31.7 Å². The van der Waals surface area contributed by atoms with Crippen LogP contribution in [-0.4, -0.2) is 35.1 Å². The quantitative estimate of drug-likeness (QED) is 0.944. The fraction of sp³-hybridized carbons (Fsp3) is 0.562. The number of nitrogens with zero attached hydrogens (tertiary/aromatic N) is 2. The van der Waals surface area contributed by atoms with E-state index in [1.807, 2.05) is 0 Å². The van der Waals surface area contributed by atoms with Crippen LogP contribution in [0.25, 0.3) is 10.2 Å². The molecule has 0 aliphatic carbocycles. The molecule has 1 aromatic carbocycles. The number of piperidine rings is 1. The lowest BCUT2D eigenvalue weighted by Crippen LogP contribution is -2.46. The summed E-state index contributed by atoms with van der Waals surface area (Å²) in [5.41, 5.74) is 0.912. The SMILES string of the molecule is CN(Cc1nc2ccc(F)cc2s1)C1CC2CCC(C1)N2. The number of fused-ring (bicyclic) bond motifs is 3. The fourth-order valence-corrected chi connectivity index (χ4v) is 4.80. The Labute approximate surface area is 128 Å². The zero-order valence-electron chi connectivity index (χ0n) is 12.2. The summed E-state index contributed by atoms with van der Waals surface area (Å²) in [6.07, 6.45) is 5.14. The lowest BCUT2D eigenvalue weighted by molar-refractivity contribution is 0.166. The Hall–Kier alpha value is -1.04. The Morgan fingerprint density at radius 3 is 2.86 bits per heavy atom. The number of nitrogens with one attached hydrogen (secondary N) is 1. The highest BCUT2D eigenvalue weighted by Crippen LogP contribution is 2.31. The number of hydrogen-bond acceptors (Lipinski definition) is 4. The van der Waals surface area contributed by atoms with Crippen molar-refractivity contribution in [3.8, 4) is 0 Å². The lowest BCUT2D eigenvalue weighted by Gasteiger charge is -2.35. The largest absolute Gasteiger partial charge is 0.311 e. The average Bonchev–Trinajstić information content (AvgIpc) is 3.00. The predicted molar refractivity (Wildman–Crippen MR) is 84.0 cm³/mol. The van der Waals surface area contributed by atoms with Crippen molar-refractivity contribution in [3.05, 3.63) is 29.0 Å². The third-order valence-corrected chi connectivity index (χ3v) is 5.85. The molecule has 1 N–H and O–H groups in total. The topological polar surface area (TPSA) is 28.2 Å². The molecule has 3 nitrogen and oxygen atoms in total. The van der Waals surface area contributed by atoms with Crippen molar-refractivity contribution in [2.75, 3.05) is 7.05 Å². The van der Waals surface area contributed by atoms with E-state index in [1.54, 1.807) is 23.5 Å². The molecule has 5 heteroatoms. The van der Waals surface area contributed by atoms with Crippen LogP contribution in [0.2, 0.25) is 0 Å². The predicted octanol–water partition coefficient (Wildman–Crippen LogP) is 3.15. The molecule has 2 unspecified atom stereocenters. The van der Waals surface area contributed by atoms with Gasteiger partial charge in [0.05, 0.1) is 16.8 Å². The number of benzene rings is 1. The second kappa shape index (κ2) is 5.30. The summed E-state index contributed by atoms with van der Waals surface area (Å²) in [6.45, 7) is 0.866. The van der Waals surface area contributed by atoms with Gasteiger partial charge in [-0.3, -0.25) is 4.90 Å². The highest BCUT2D eigenvalue weighted by Gasteiger charge is 2.35. The summed E-state index contributed by atoms with van der Waals surface area (Å²) < 4.78 is 14.2. The molecular formula is C16H20FN3S. The molecule has 0 amide bonds. The molecule has 2 bridgehead atoms. The van der Waals surface area contributed by atoms with Gasteiger partial charge in [-0.15, -0.1) is 11.3 Å². The van der Waals surface area contributed by atoms with Gasteiger partial charge in [0.2, 0.25) is 0 Å². The Morgan fingerprint density at radius 1 is 1.33 bits per heavy atom. The van der Waals surface area contributed by atoms with Crippen LogP contribution in [0.4, 0.5) is 4.39 Å². The van der Waals surface area contributed by atoms with E-state index >= 15 is 0 Å². The molecule has 1 aromatic heterocycles. The first kappa shape index (κ1) is 13.6. The second-order valence-electron chi connectivity index (χ2n) is 6.40. The van der Waals surface area contributed by atoms with Crippen LogP contribution in [0.1, 0.15) is 30.7 Å². The van der Waals surface area contributed by atoms with Gasteiger partial charge in [-0.1, -0.05) is 0 Å². The number of rotatable bonds is 3. The van der Waals surface area contributed by atoms with Crippen LogP contribution < -0.4 is 5.32 Å². The van der Waals surface area contributed by atoms with Crippen molar-refractivity contribution >= 4 is 21.6 Å². The molecule has 112 valence electrons. The molecular weight excluding hydrogens is 285 g/mol. The maximum absolute atomic E-state index is 13.3. The van der Waals surface area contributed by atoms with Crippen molar-refractivity contribution in [3.63, 3.8) is 0 Å².